The molecule has 62 heavy (non-hydrogen) atoms. The Morgan fingerprint density at radius 2 is 0.871 bits per heavy atom. The first-order valence-corrected chi connectivity index (χ1v) is 26.1. The van der Waals surface area contributed by atoms with Crippen LogP contribution in [0.4, 0.5) is 0 Å². The molecule has 0 radical (unpaired) electrons. The van der Waals surface area contributed by atoms with Crippen molar-refractivity contribution in [2.75, 3.05) is 13.2 Å². The van der Waals surface area contributed by atoms with Crippen LogP contribution < -0.4 is 0 Å². The van der Waals surface area contributed by atoms with Gasteiger partial charge in [0, 0.05) is 12.8 Å². The topological polar surface area (TPSA) is 210 Å². The van der Waals surface area contributed by atoms with Crippen molar-refractivity contribution in [3.63, 3.8) is 0 Å². The fraction of sp³-hybridized carbons (Fsp3) is 0.875. The van der Waals surface area contributed by atoms with Gasteiger partial charge in [-0.05, 0) is 44.9 Å². The molecule has 0 amide bonds. The highest BCUT2D eigenvalue weighted by Crippen LogP contribution is 2.47. The van der Waals surface area contributed by atoms with Crippen molar-refractivity contribution in [1.29, 1.82) is 0 Å². The van der Waals surface area contributed by atoms with Gasteiger partial charge in [-0.25, -0.2) is 4.57 Å². The Morgan fingerprint density at radius 1 is 0.500 bits per heavy atom. The Kier molecular flexibility index (Phi) is 36.3. The molecule has 1 saturated carbocycles. The van der Waals surface area contributed by atoms with Crippen molar-refractivity contribution in [3.05, 3.63) is 24.3 Å². The van der Waals surface area contributed by atoms with Crippen LogP contribution in [0, 0.1) is 0 Å². The van der Waals surface area contributed by atoms with Crippen molar-refractivity contribution < 1.29 is 63.1 Å². The molecule has 1 aliphatic rings. The summed E-state index contributed by atoms with van der Waals surface area (Å²) < 4.78 is 33.6. The highest BCUT2D eigenvalue weighted by atomic mass is 31.2. The van der Waals surface area contributed by atoms with E-state index in [-0.39, 0.29) is 12.8 Å². The Morgan fingerprint density at radius 3 is 1.34 bits per heavy atom. The first-order valence-electron chi connectivity index (χ1n) is 24.6. The molecule has 364 valence electrons. The molecule has 0 heterocycles. The first kappa shape index (κ1) is 58.3. The van der Waals surface area contributed by atoms with E-state index in [1.807, 2.05) is 0 Å². The predicted molar refractivity (Wildman–Crippen MR) is 244 cm³/mol. The van der Waals surface area contributed by atoms with Crippen LogP contribution in [0.5, 0.6) is 0 Å². The quantitative estimate of drug-likeness (QED) is 0.0146. The third kappa shape index (κ3) is 30.5. The van der Waals surface area contributed by atoms with Crippen molar-refractivity contribution in [1.82, 2.24) is 0 Å². The number of rotatable bonds is 41. The first-order chi connectivity index (χ1) is 29.9. The number of unbranched alkanes of at least 4 members (excludes halogenated alkanes) is 25. The molecule has 13 nitrogen and oxygen atoms in total. The Balaban J connectivity index is 2.41. The van der Waals surface area contributed by atoms with Gasteiger partial charge in [-0.15, -0.1) is 0 Å². The maximum absolute atomic E-state index is 12.8. The number of allylic oxidation sites excluding steroid dienone is 4. The minimum atomic E-state index is -5.12. The summed E-state index contributed by atoms with van der Waals surface area (Å²) in [4.78, 5) is 35.8. The number of hydrogen-bond acceptors (Lipinski definition) is 12. The van der Waals surface area contributed by atoms with Gasteiger partial charge in [-0.3, -0.25) is 18.6 Å². The lowest BCUT2D eigenvalue weighted by atomic mass is 9.85. The number of phosphoric acid groups is 1. The molecular formula is C48H89O13P. The molecule has 0 spiro atoms. The van der Waals surface area contributed by atoms with E-state index >= 15 is 0 Å². The standard InChI is InChI=1S/C48H89O13P/c1-3-5-7-9-11-13-15-17-19-20-21-22-23-25-26-28-30-32-34-36-41(49)58-38-40(39-59-62(56,57)61-48-46(54)44(52)43(51)45(53)47(48)55)60-42(50)37-35-33-31-29-27-24-18-16-14-12-10-8-6-4-2/h11,13,17,19,40,43-48,51-55H,3-10,12,14-16,18,20-39H2,1-2H3,(H,56,57)/b13-11+,19-17+/t40-,43?,44-,45?,46?,47?,48?/m0/s1. The maximum atomic E-state index is 12.8. The molecule has 0 aromatic rings. The molecular weight excluding hydrogens is 815 g/mol. The van der Waals surface area contributed by atoms with Crippen LogP contribution in [0.1, 0.15) is 213 Å². The van der Waals surface area contributed by atoms with Crippen molar-refractivity contribution in [3.8, 4) is 0 Å². The number of carbonyl (C=O) groups is 2. The average molecular weight is 905 g/mol. The van der Waals surface area contributed by atoms with Gasteiger partial charge in [0.25, 0.3) is 0 Å². The summed E-state index contributed by atoms with van der Waals surface area (Å²) in [5, 5.41) is 50.2. The van der Waals surface area contributed by atoms with E-state index in [1.54, 1.807) is 0 Å². The molecule has 1 rings (SSSR count). The summed E-state index contributed by atoms with van der Waals surface area (Å²) in [6.07, 6.45) is 29.4. The van der Waals surface area contributed by atoms with Crippen LogP contribution >= 0.6 is 7.82 Å². The summed E-state index contributed by atoms with van der Waals surface area (Å²) in [5.74, 6) is -1.09. The SMILES string of the molecule is CCCCC/C=C/C/C=C/CCCCCCCCCCCC(=O)OC[C@@H](COP(=O)(O)OC1C(O)C(O)C(O)[C@H](O)C1O)OC(=O)CCCCCCCCCCCCCCCC. The van der Waals surface area contributed by atoms with Crippen molar-refractivity contribution >= 4 is 19.8 Å². The second-order valence-corrected chi connectivity index (χ2v) is 18.7. The van der Waals surface area contributed by atoms with E-state index in [4.69, 9.17) is 18.5 Å². The normalized spacial score (nSPS) is 22.0. The summed E-state index contributed by atoms with van der Waals surface area (Å²) in [6, 6.07) is 0. The van der Waals surface area contributed by atoms with E-state index in [1.165, 1.54) is 109 Å². The van der Waals surface area contributed by atoms with Gasteiger partial charge in [0.2, 0.25) is 0 Å². The molecule has 14 heteroatoms. The predicted octanol–water partition coefficient (Wildman–Crippen LogP) is 10.0. The number of aliphatic hydroxyl groups excluding tert-OH is 5. The van der Waals surface area contributed by atoms with Crippen molar-refractivity contribution in [2.24, 2.45) is 0 Å². The molecule has 0 aromatic heterocycles. The van der Waals surface area contributed by atoms with Gasteiger partial charge in [0.05, 0.1) is 6.61 Å². The lowest BCUT2D eigenvalue weighted by molar-refractivity contribution is -0.220. The zero-order valence-corrected chi connectivity index (χ0v) is 39.6. The molecule has 1 fully saturated rings. The monoisotopic (exact) mass is 905 g/mol. The Bertz CT molecular complexity index is 1180. The number of ether oxygens (including phenoxy) is 2. The number of esters is 2. The molecule has 1 aliphatic carbocycles. The zero-order chi connectivity index (χ0) is 45.7. The lowest BCUT2D eigenvalue weighted by Gasteiger charge is -2.41. The fourth-order valence-corrected chi connectivity index (χ4v) is 8.53. The van der Waals surface area contributed by atoms with Gasteiger partial charge < -0.3 is 39.9 Å². The van der Waals surface area contributed by atoms with E-state index in [0.29, 0.717) is 12.8 Å². The molecule has 0 aromatic carbocycles. The zero-order valence-electron chi connectivity index (χ0n) is 38.7. The highest BCUT2D eigenvalue weighted by molar-refractivity contribution is 7.47. The summed E-state index contributed by atoms with van der Waals surface area (Å²) in [7, 11) is -5.12. The number of carbonyl (C=O) groups excluding carboxylic acids is 2. The van der Waals surface area contributed by atoms with Gasteiger partial charge in [0.15, 0.2) is 6.10 Å². The van der Waals surface area contributed by atoms with Crippen LogP contribution in [-0.2, 0) is 32.7 Å². The number of aliphatic hydroxyl groups is 5. The summed E-state index contributed by atoms with van der Waals surface area (Å²) >= 11 is 0. The lowest BCUT2D eigenvalue weighted by Crippen LogP contribution is -2.64. The maximum Gasteiger partial charge on any atom is 0.472 e. The van der Waals surface area contributed by atoms with E-state index in [0.717, 1.165) is 64.2 Å². The average Bonchev–Trinajstić information content (AvgIpc) is 3.25. The second kappa shape index (κ2) is 38.6. The van der Waals surface area contributed by atoms with Crippen LogP contribution in [0.2, 0.25) is 0 Å². The number of hydrogen-bond donors (Lipinski definition) is 6. The van der Waals surface area contributed by atoms with Gasteiger partial charge in [-0.1, -0.05) is 179 Å². The van der Waals surface area contributed by atoms with Gasteiger partial charge in [-0.2, -0.15) is 0 Å². The minimum absolute atomic E-state index is 0.100. The third-order valence-electron chi connectivity index (χ3n) is 11.5. The minimum Gasteiger partial charge on any atom is -0.462 e. The van der Waals surface area contributed by atoms with Gasteiger partial charge in [0.1, 0.15) is 43.2 Å². The van der Waals surface area contributed by atoms with Crippen LogP contribution in [0.3, 0.4) is 0 Å². The highest BCUT2D eigenvalue weighted by Gasteiger charge is 2.51. The summed E-state index contributed by atoms with van der Waals surface area (Å²) in [5.41, 5.74) is 0. The Labute approximate surface area is 375 Å². The smallest absolute Gasteiger partial charge is 0.462 e. The van der Waals surface area contributed by atoms with E-state index in [9.17, 15) is 44.6 Å². The van der Waals surface area contributed by atoms with E-state index in [2.05, 4.69) is 38.2 Å². The van der Waals surface area contributed by atoms with Crippen LogP contribution in [0.15, 0.2) is 24.3 Å². The summed E-state index contributed by atoms with van der Waals surface area (Å²) in [6.45, 7) is 3.29. The molecule has 6 N–H and O–H groups in total. The van der Waals surface area contributed by atoms with Crippen LogP contribution in [0.25, 0.3) is 0 Å². The van der Waals surface area contributed by atoms with E-state index < -0.39 is 75.7 Å². The second-order valence-electron chi connectivity index (χ2n) is 17.3. The molecule has 0 aliphatic heterocycles. The molecule has 0 saturated heterocycles. The molecule has 6 unspecified atom stereocenters. The largest absolute Gasteiger partial charge is 0.472 e. The van der Waals surface area contributed by atoms with Crippen molar-refractivity contribution in [2.45, 2.75) is 256 Å². The fourth-order valence-electron chi connectivity index (χ4n) is 7.55. The third-order valence-corrected chi connectivity index (χ3v) is 12.5. The van der Waals surface area contributed by atoms with Crippen LogP contribution in [-0.4, -0.2) is 98.3 Å². The number of phosphoric ester groups is 1. The molecule has 0 bridgehead atoms. The van der Waals surface area contributed by atoms with Gasteiger partial charge >= 0.3 is 19.8 Å². The molecule has 8 atom stereocenters. The Hall–Kier alpha value is -1.67.